The zero-order valence-electron chi connectivity index (χ0n) is 20.5. The SMILES string of the molecule is Cc1c(-c2cc(OC(C)c3ccn(C(F)(F)F)n3)c3ccnn3c2)nnn1C1CCN(C2COC2)CC1. The minimum Gasteiger partial charge on any atom is -0.482 e. The van der Waals surface area contributed by atoms with E-state index in [9.17, 15) is 13.2 Å². The normalized spacial score (nSPS) is 18.8. The van der Waals surface area contributed by atoms with Crippen molar-refractivity contribution >= 4 is 5.52 Å². The molecule has 13 heteroatoms. The van der Waals surface area contributed by atoms with Gasteiger partial charge in [-0.15, -0.1) is 18.3 Å². The van der Waals surface area contributed by atoms with Crippen molar-refractivity contribution in [1.29, 1.82) is 0 Å². The maximum absolute atomic E-state index is 13.0. The van der Waals surface area contributed by atoms with Crippen LogP contribution in [-0.2, 0) is 11.0 Å². The fraction of sp³-hybridized carbons (Fsp3) is 0.500. The third-order valence-electron chi connectivity index (χ3n) is 7.24. The Labute approximate surface area is 210 Å². The van der Waals surface area contributed by atoms with Crippen LogP contribution in [0.5, 0.6) is 5.75 Å². The molecule has 1 atom stereocenters. The Morgan fingerprint density at radius 1 is 1.14 bits per heavy atom. The van der Waals surface area contributed by atoms with Crippen LogP contribution in [0.3, 0.4) is 0 Å². The molecule has 0 aliphatic carbocycles. The van der Waals surface area contributed by atoms with Gasteiger partial charge in [0.25, 0.3) is 0 Å². The first-order chi connectivity index (χ1) is 17.8. The predicted octanol–water partition coefficient (Wildman–Crippen LogP) is 3.75. The molecule has 2 saturated heterocycles. The van der Waals surface area contributed by atoms with E-state index in [1.54, 1.807) is 23.7 Å². The summed E-state index contributed by atoms with van der Waals surface area (Å²) in [4.78, 5) is 2.49. The Morgan fingerprint density at radius 2 is 1.92 bits per heavy atom. The van der Waals surface area contributed by atoms with Gasteiger partial charge in [-0.05, 0) is 44.9 Å². The molecule has 0 aromatic carbocycles. The summed E-state index contributed by atoms with van der Waals surface area (Å²) in [7, 11) is 0. The van der Waals surface area contributed by atoms with Gasteiger partial charge in [-0.25, -0.2) is 9.20 Å². The highest BCUT2D eigenvalue weighted by molar-refractivity contribution is 5.70. The van der Waals surface area contributed by atoms with Crippen molar-refractivity contribution in [1.82, 2.24) is 39.3 Å². The second-order valence-electron chi connectivity index (χ2n) is 9.59. The Kier molecular flexibility index (Phi) is 5.91. The highest BCUT2D eigenvalue weighted by Gasteiger charge is 2.33. The molecule has 4 aromatic rings. The molecule has 0 radical (unpaired) electrons. The lowest BCUT2D eigenvalue weighted by molar-refractivity contribution is -0.212. The predicted molar refractivity (Wildman–Crippen MR) is 126 cm³/mol. The van der Waals surface area contributed by atoms with Crippen LogP contribution in [0.15, 0.2) is 36.8 Å². The summed E-state index contributed by atoms with van der Waals surface area (Å²) < 4.78 is 54.0. The molecule has 0 amide bonds. The fourth-order valence-corrected chi connectivity index (χ4v) is 5.05. The number of fused-ring (bicyclic) bond motifs is 1. The zero-order chi connectivity index (χ0) is 25.7. The van der Waals surface area contributed by atoms with Crippen LogP contribution in [0.25, 0.3) is 16.8 Å². The second-order valence-corrected chi connectivity index (χ2v) is 9.59. The topological polar surface area (TPSA) is 87.5 Å². The largest absolute Gasteiger partial charge is 0.504 e. The summed E-state index contributed by atoms with van der Waals surface area (Å²) in [5, 5.41) is 16.9. The molecule has 0 spiro atoms. The fourth-order valence-electron chi connectivity index (χ4n) is 5.05. The number of alkyl halides is 3. The van der Waals surface area contributed by atoms with Gasteiger partial charge in [-0.2, -0.15) is 14.9 Å². The highest BCUT2D eigenvalue weighted by Crippen LogP contribution is 2.34. The van der Waals surface area contributed by atoms with Gasteiger partial charge in [0.2, 0.25) is 0 Å². The smallest absolute Gasteiger partial charge is 0.482 e. The summed E-state index contributed by atoms with van der Waals surface area (Å²) in [5.74, 6) is 0.467. The minimum absolute atomic E-state index is 0.0286. The van der Waals surface area contributed by atoms with Gasteiger partial charge in [0, 0.05) is 31.0 Å². The van der Waals surface area contributed by atoms with Crippen LogP contribution < -0.4 is 4.74 Å². The van der Waals surface area contributed by atoms with Crippen LogP contribution in [0.1, 0.15) is 43.3 Å². The monoisotopic (exact) mass is 516 g/mol. The van der Waals surface area contributed by atoms with E-state index in [0.717, 1.165) is 56.6 Å². The van der Waals surface area contributed by atoms with Gasteiger partial charge in [0.15, 0.2) is 0 Å². The van der Waals surface area contributed by atoms with Crippen molar-refractivity contribution in [2.24, 2.45) is 0 Å². The standard InChI is InChI=1S/C24H27F3N8O2/c1-15-23(29-31-35(15)18-4-8-32(9-5-18)19-13-36-14-19)17-11-22(21-3-7-28-33(21)12-17)37-16(2)20-6-10-34(30-20)24(25,26)27/h3,6-7,10-12,16,18-19H,4-5,8-9,13-14H2,1-2H3. The molecule has 6 heterocycles. The first-order valence-corrected chi connectivity index (χ1v) is 12.3. The summed E-state index contributed by atoms with van der Waals surface area (Å²) in [5.41, 5.74) is 3.27. The van der Waals surface area contributed by atoms with E-state index in [1.165, 1.54) is 6.07 Å². The molecule has 2 aliphatic rings. The number of likely N-dealkylation sites (tertiary alicyclic amines) is 1. The molecule has 2 fully saturated rings. The van der Waals surface area contributed by atoms with Crippen molar-refractivity contribution in [3.63, 3.8) is 0 Å². The quantitative estimate of drug-likeness (QED) is 0.386. The molecular formula is C24H27F3N8O2. The zero-order valence-corrected chi connectivity index (χ0v) is 20.5. The van der Waals surface area contributed by atoms with Crippen molar-refractivity contribution in [3.8, 4) is 17.0 Å². The van der Waals surface area contributed by atoms with E-state index in [0.29, 0.717) is 23.0 Å². The number of hydrogen-bond acceptors (Lipinski definition) is 7. The summed E-state index contributed by atoms with van der Waals surface area (Å²) in [6.07, 6.45) is 1.06. The molecule has 1 unspecified atom stereocenters. The molecule has 6 rings (SSSR count). The van der Waals surface area contributed by atoms with Crippen molar-refractivity contribution in [2.45, 2.75) is 51.2 Å². The third kappa shape index (κ3) is 4.46. The van der Waals surface area contributed by atoms with Crippen LogP contribution in [0.4, 0.5) is 13.2 Å². The first kappa shape index (κ1) is 23.9. The molecule has 0 N–H and O–H groups in total. The van der Waals surface area contributed by atoms with Crippen molar-refractivity contribution < 1.29 is 22.6 Å². The molecule has 2 aliphatic heterocycles. The number of nitrogens with zero attached hydrogens (tertiary/aromatic N) is 8. The average Bonchev–Trinajstić information content (AvgIpc) is 3.58. The van der Waals surface area contributed by atoms with E-state index < -0.39 is 12.4 Å². The number of aromatic nitrogens is 7. The molecule has 10 nitrogen and oxygen atoms in total. The highest BCUT2D eigenvalue weighted by atomic mass is 19.4. The minimum atomic E-state index is -4.58. The Morgan fingerprint density at radius 3 is 2.59 bits per heavy atom. The van der Waals surface area contributed by atoms with E-state index in [2.05, 4.69) is 25.4 Å². The van der Waals surface area contributed by atoms with Crippen molar-refractivity contribution in [3.05, 3.63) is 48.2 Å². The number of hydrogen-bond donors (Lipinski definition) is 0. The number of rotatable bonds is 6. The van der Waals surface area contributed by atoms with Gasteiger partial charge in [0.1, 0.15) is 28.8 Å². The third-order valence-corrected chi connectivity index (χ3v) is 7.24. The van der Waals surface area contributed by atoms with Gasteiger partial charge in [-0.3, -0.25) is 4.90 Å². The van der Waals surface area contributed by atoms with Crippen molar-refractivity contribution in [2.75, 3.05) is 26.3 Å². The summed E-state index contributed by atoms with van der Waals surface area (Å²) in [6, 6.07) is 5.72. The lowest BCUT2D eigenvalue weighted by Gasteiger charge is -2.41. The van der Waals surface area contributed by atoms with Gasteiger partial charge >= 0.3 is 6.30 Å². The first-order valence-electron chi connectivity index (χ1n) is 12.3. The molecule has 0 bridgehead atoms. The molecule has 4 aromatic heterocycles. The Bertz CT molecular complexity index is 1400. The van der Waals surface area contributed by atoms with Crippen LogP contribution >= 0.6 is 0 Å². The molecule has 0 saturated carbocycles. The van der Waals surface area contributed by atoms with E-state index in [-0.39, 0.29) is 16.4 Å². The Balaban J connectivity index is 1.25. The second kappa shape index (κ2) is 9.14. The van der Waals surface area contributed by atoms with Crippen LogP contribution in [0, 0.1) is 6.92 Å². The maximum Gasteiger partial charge on any atom is 0.504 e. The van der Waals surface area contributed by atoms with Gasteiger partial charge < -0.3 is 9.47 Å². The van der Waals surface area contributed by atoms with E-state index in [1.807, 2.05) is 23.9 Å². The van der Waals surface area contributed by atoms with E-state index >= 15 is 0 Å². The molecule has 196 valence electrons. The van der Waals surface area contributed by atoms with Gasteiger partial charge in [0.05, 0.1) is 37.2 Å². The van der Waals surface area contributed by atoms with Gasteiger partial charge in [-0.1, -0.05) is 5.21 Å². The Hall–Kier alpha value is -3.45. The number of pyridine rings is 1. The molecular weight excluding hydrogens is 489 g/mol. The number of piperidine rings is 1. The summed E-state index contributed by atoms with van der Waals surface area (Å²) >= 11 is 0. The van der Waals surface area contributed by atoms with E-state index in [4.69, 9.17) is 9.47 Å². The lowest BCUT2D eigenvalue weighted by atomic mass is 10.0. The number of ether oxygens (including phenoxy) is 2. The average molecular weight is 517 g/mol. The maximum atomic E-state index is 13.0. The number of halogens is 3. The summed E-state index contributed by atoms with van der Waals surface area (Å²) in [6.45, 7) is 7.31. The van der Waals surface area contributed by atoms with Crippen LogP contribution in [0.2, 0.25) is 0 Å². The van der Waals surface area contributed by atoms with Crippen LogP contribution in [-0.4, -0.2) is 71.6 Å². The molecule has 37 heavy (non-hydrogen) atoms. The lowest BCUT2D eigenvalue weighted by Crippen LogP contribution is -2.52.